The number of rotatable bonds is 7. The molecule has 1 saturated heterocycles. The third-order valence-electron chi connectivity index (χ3n) is 7.01. The molecule has 1 aliphatic heterocycles. The highest BCUT2D eigenvalue weighted by atomic mass is 16.3. The Labute approximate surface area is 184 Å². The number of phenolic OH excluding ortho intramolecular Hbond substituents is 1. The van der Waals surface area contributed by atoms with Crippen LogP contribution >= 0.6 is 0 Å². The Morgan fingerprint density at radius 3 is 2.03 bits per heavy atom. The van der Waals surface area contributed by atoms with Crippen LogP contribution in [0.5, 0.6) is 5.75 Å². The van der Waals surface area contributed by atoms with Crippen LogP contribution < -0.4 is 5.73 Å². The van der Waals surface area contributed by atoms with Gasteiger partial charge in [0.25, 0.3) is 0 Å². The average Bonchev–Trinajstić information content (AvgIpc) is 3.18. The van der Waals surface area contributed by atoms with Crippen molar-refractivity contribution in [2.75, 3.05) is 26.7 Å². The van der Waals surface area contributed by atoms with Crippen LogP contribution in [0.25, 0.3) is 0 Å². The molecule has 0 aliphatic carbocycles. The first kappa shape index (κ1) is 21.1. The van der Waals surface area contributed by atoms with E-state index in [1.807, 2.05) is 72.8 Å². The van der Waals surface area contributed by atoms with Gasteiger partial charge in [0.2, 0.25) is 5.91 Å². The van der Waals surface area contributed by atoms with Crippen LogP contribution in [0, 0.1) is 5.92 Å². The second kappa shape index (κ2) is 8.56. The van der Waals surface area contributed by atoms with Gasteiger partial charge in [-0.15, -0.1) is 0 Å². The van der Waals surface area contributed by atoms with E-state index in [1.54, 1.807) is 12.1 Å². The minimum atomic E-state index is -0.836. The number of likely N-dealkylation sites (N-methyl/N-ethyl adjacent to an activating group) is 1. The molecule has 0 aromatic heterocycles. The molecule has 3 aromatic rings. The number of aromatic hydroxyl groups is 1. The summed E-state index contributed by atoms with van der Waals surface area (Å²) in [5.41, 5.74) is 8.55. The molecular weight excluding hydrogens is 384 g/mol. The maximum absolute atomic E-state index is 13.2. The molecule has 0 radical (unpaired) electrons. The smallest absolute Gasteiger partial charge is 0.233 e. The second-order valence-electron chi connectivity index (χ2n) is 9.06. The van der Waals surface area contributed by atoms with Gasteiger partial charge in [-0.2, -0.15) is 0 Å². The summed E-state index contributed by atoms with van der Waals surface area (Å²) >= 11 is 0. The molecular formula is C27H31N2O2+. The Bertz CT molecular complexity index is 979. The van der Waals surface area contributed by atoms with Gasteiger partial charge in [-0.3, -0.25) is 4.79 Å². The van der Waals surface area contributed by atoms with Gasteiger partial charge in [0.15, 0.2) is 0 Å². The zero-order valence-electron chi connectivity index (χ0n) is 18.1. The molecule has 1 aliphatic rings. The van der Waals surface area contributed by atoms with Gasteiger partial charge in [0.1, 0.15) is 11.2 Å². The second-order valence-corrected chi connectivity index (χ2v) is 9.06. The first-order chi connectivity index (χ1) is 14.9. The van der Waals surface area contributed by atoms with E-state index in [1.165, 1.54) is 5.56 Å². The number of nitrogens with two attached hydrogens (primary N) is 1. The fourth-order valence-electron chi connectivity index (χ4n) is 5.33. The van der Waals surface area contributed by atoms with Gasteiger partial charge in [0, 0.05) is 18.8 Å². The number of carbonyl (C=O) groups is 1. The molecule has 3 N–H and O–H groups in total. The van der Waals surface area contributed by atoms with Crippen molar-refractivity contribution in [1.82, 2.24) is 0 Å². The quantitative estimate of drug-likeness (QED) is 0.576. The molecule has 3 aromatic carbocycles. The molecule has 160 valence electrons. The molecule has 4 heteroatoms. The van der Waals surface area contributed by atoms with Crippen molar-refractivity contribution in [2.45, 2.75) is 18.3 Å². The summed E-state index contributed by atoms with van der Waals surface area (Å²) in [6.07, 6.45) is 1.88. The molecule has 2 atom stereocenters. The summed E-state index contributed by atoms with van der Waals surface area (Å²) in [5.74, 6) is 0.142. The zero-order chi connectivity index (χ0) is 21.9. The number of nitrogens with zero attached hydrogens (tertiary/aromatic N) is 1. The van der Waals surface area contributed by atoms with Gasteiger partial charge < -0.3 is 15.3 Å². The van der Waals surface area contributed by atoms with Crippen LogP contribution in [0.2, 0.25) is 0 Å². The van der Waals surface area contributed by atoms with Crippen LogP contribution in [0.3, 0.4) is 0 Å². The standard InChI is InChI=1S/C27H30N2O2/c1-29(18-16-21-12-14-25(30)15-13-21)19-17-24(20-29)27(26(28)31,22-8-4-2-5-9-22)23-10-6-3-7-11-23/h2-15,24H,16-20H2,1H3,(H2-,28,30,31)/p+1. The number of primary amides is 1. The number of quaternary nitrogens is 1. The lowest BCUT2D eigenvalue weighted by atomic mass is 9.64. The summed E-state index contributed by atoms with van der Waals surface area (Å²) in [4.78, 5) is 13.2. The number of phenols is 1. The van der Waals surface area contributed by atoms with E-state index in [2.05, 4.69) is 7.05 Å². The van der Waals surface area contributed by atoms with E-state index in [0.717, 1.165) is 48.1 Å². The van der Waals surface area contributed by atoms with Crippen LogP contribution in [0.1, 0.15) is 23.1 Å². The highest BCUT2D eigenvalue weighted by Gasteiger charge is 2.53. The number of carbonyl (C=O) groups excluding carboxylic acids is 1. The molecule has 2 unspecified atom stereocenters. The van der Waals surface area contributed by atoms with Gasteiger partial charge >= 0.3 is 0 Å². The topological polar surface area (TPSA) is 63.3 Å². The van der Waals surface area contributed by atoms with Crippen molar-refractivity contribution in [2.24, 2.45) is 11.7 Å². The van der Waals surface area contributed by atoms with Crippen molar-refractivity contribution in [3.8, 4) is 5.75 Å². The molecule has 4 nitrogen and oxygen atoms in total. The van der Waals surface area contributed by atoms with Gasteiger partial charge in [-0.1, -0.05) is 72.8 Å². The van der Waals surface area contributed by atoms with Gasteiger partial charge in [0.05, 0.1) is 26.7 Å². The average molecular weight is 416 g/mol. The largest absolute Gasteiger partial charge is 0.508 e. The maximum Gasteiger partial charge on any atom is 0.233 e. The number of benzene rings is 3. The van der Waals surface area contributed by atoms with Crippen LogP contribution in [0.4, 0.5) is 0 Å². The van der Waals surface area contributed by atoms with E-state index < -0.39 is 5.41 Å². The van der Waals surface area contributed by atoms with E-state index >= 15 is 0 Å². The van der Waals surface area contributed by atoms with Gasteiger partial charge in [-0.25, -0.2) is 0 Å². The third kappa shape index (κ3) is 4.08. The summed E-state index contributed by atoms with van der Waals surface area (Å²) in [7, 11) is 2.28. The minimum Gasteiger partial charge on any atom is -0.508 e. The first-order valence-corrected chi connectivity index (χ1v) is 11.0. The van der Waals surface area contributed by atoms with E-state index in [4.69, 9.17) is 5.73 Å². The van der Waals surface area contributed by atoms with Crippen molar-refractivity contribution >= 4 is 5.91 Å². The molecule has 4 rings (SSSR count). The monoisotopic (exact) mass is 415 g/mol. The Balaban J connectivity index is 1.65. The highest BCUT2D eigenvalue weighted by molar-refractivity contribution is 5.91. The minimum absolute atomic E-state index is 0.125. The molecule has 0 spiro atoms. The Hall–Kier alpha value is -3.11. The van der Waals surface area contributed by atoms with E-state index in [0.29, 0.717) is 5.75 Å². The number of likely N-dealkylation sites (tertiary alicyclic amines) is 1. The van der Waals surface area contributed by atoms with Crippen LogP contribution in [0.15, 0.2) is 84.9 Å². The lowest BCUT2D eigenvalue weighted by Gasteiger charge is -2.38. The highest BCUT2D eigenvalue weighted by Crippen LogP contribution is 2.45. The fraction of sp³-hybridized carbons (Fsp3) is 0.296. The third-order valence-corrected chi connectivity index (χ3v) is 7.01. The molecule has 1 amide bonds. The van der Waals surface area contributed by atoms with Crippen LogP contribution in [-0.2, 0) is 16.6 Å². The Morgan fingerprint density at radius 2 is 1.52 bits per heavy atom. The van der Waals surface area contributed by atoms with E-state index in [9.17, 15) is 9.90 Å². The summed E-state index contributed by atoms with van der Waals surface area (Å²) < 4.78 is 0.903. The lowest BCUT2D eigenvalue weighted by molar-refractivity contribution is -0.899. The molecule has 1 heterocycles. The normalized spacial score (nSPS) is 21.1. The van der Waals surface area contributed by atoms with E-state index in [-0.39, 0.29) is 11.8 Å². The number of hydrogen-bond acceptors (Lipinski definition) is 2. The Morgan fingerprint density at radius 1 is 0.968 bits per heavy atom. The molecule has 31 heavy (non-hydrogen) atoms. The molecule has 1 fully saturated rings. The lowest BCUT2D eigenvalue weighted by Crippen LogP contribution is -2.51. The van der Waals surface area contributed by atoms with Crippen molar-refractivity contribution in [1.29, 1.82) is 0 Å². The number of amides is 1. The predicted octanol–water partition coefficient (Wildman–Crippen LogP) is 3.87. The SMILES string of the molecule is C[N+]1(CCc2ccc(O)cc2)CCC(C(C(N)=O)(c2ccccc2)c2ccccc2)C1. The fourth-order valence-corrected chi connectivity index (χ4v) is 5.33. The van der Waals surface area contributed by atoms with Crippen LogP contribution in [-0.4, -0.2) is 42.2 Å². The predicted molar refractivity (Wildman–Crippen MR) is 124 cm³/mol. The zero-order valence-corrected chi connectivity index (χ0v) is 18.1. The molecule has 0 bridgehead atoms. The maximum atomic E-state index is 13.2. The van der Waals surface area contributed by atoms with Crippen molar-refractivity contribution < 1.29 is 14.4 Å². The molecule has 0 saturated carbocycles. The summed E-state index contributed by atoms with van der Waals surface area (Å²) in [6.45, 7) is 2.89. The van der Waals surface area contributed by atoms with Crippen molar-refractivity contribution in [3.05, 3.63) is 102 Å². The van der Waals surface area contributed by atoms with Crippen molar-refractivity contribution in [3.63, 3.8) is 0 Å². The first-order valence-electron chi connectivity index (χ1n) is 11.0. The Kier molecular flexibility index (Phi) is 5.84. The number of hydrogen-bond donors (Lipinski definition) is 2. The summed E-state index contributed by atoms with van der Waals surface area (Å²) in [6, 6.07) is 27.5. The van der Waals surface area contributed by atoms with Gasteiger partial charge in [-0.05, 0) is 28.8 Å². The summed E-state index contributed by atoms with van der Waals surface area (Å²) in [5, 5.41) is 9.53.